The van der Waals surface area contributed by atoms with Crippen LogP contribution in [0.1, 0.15) is 28.5 Å². The van der Waals surface area contributed by atoms with Gasteiger partial charge in [-0.25, -0.2) is 4.39 Å². The summed E-state index contributed by atoms with van der Waals surface area (Å²) in [6.45, 7) is 0.680. The zero-order valence-electron chi connectivity index (χ0n) is 13.9. The molecule has 1 aromatic heterocycles. The number of aromatic nitrogens is 1. The van der Waals surface area contributed by atoms with Gasteiger partial charge in [0, 0.05) is 17.2 Å². The average molecular weight is 347 g/mol. The van der Waals surface area contributed by atoms with E-state index in [-0.39, 0.29) is 12.4 Å². The van der Waals surface area contributed by atoms with Gasteiger partial charge < -0.3 is 9.47 Å². The van der Waals surface area contributed by atoms with Gasteiger partial charge in [0.05, 0.1) is 12.2 Å². The molecule has 0 unspecified atom stereocenters. The molecule has 0 amide bonds. The van der Waals surface area contributed by atoms with Crippen LogP contribution in [-0.4, -0.2) is 0 Å². The van der Waals surface area contributed by atoms with Crippen molar-refractivity contribution in [2.24, 2.45) is 0 Å². The number of ether oxygens (including phenoxy) is 2. The van der Waals surface area contributed by atoms with Crippen LogP contribution in [0.3, 0.4) is 0 Å². The van der Waals surface area contributed by atoms with E-state index in [2.05, 4.69) is 6.07 Å². The Labute approximate surface area is 150 Å². The molecule has 128 valence electrons. The Balaban J connectivity index is 1.68. The van der Waals surface area contributed by atoms with Crippen LogP contribution in [0.5, 0.6) is 5.75 Å². The third kappa shape index (κ3) is 3.28. The summed E-state index contributed by atoms with van der Waals surface area (Å²) in [5.74, 6) is 0.308. The molecule has 3 aromatic rings. The van der Waals surface area contributed by atoms with Crippen LogP contribution >= 0.6 is 0 Å². The highest BCUT2D eigenvalue weighted by molar-refractivity contribution is 5.43. The summed E-state index contributed by atoms with van der Waals surface area (Å²) >= 11 is 0. The summed E-state index contributed by atoms with van der Waals surface area (Å²) in [5, 5.41) is 9.06. The maximum atomic E-state index is 14.1. The van der Waals surface area contributed by atoms with Gasteiger partial charge in [-0.1, -0.05) is 30.3 Å². The maximum absolute atomic E-state index is 14.1. The highest BCUT2D eigenvalue weighted by atomic mass is 19.1. The molecular weight excluding hydrogens is 331 g/mol. The summed E-state index contributed by atoms with van der Waals surface area (Å²) < 4.78 is 27.7. The third-order valence-electron chi connectivity index (χ3n) is 4.23. The number of pyridine rings is 1. The van der Waals surface area contributed by atoms with E-state index in [1.165, 1.54) is 12.1 Å². The summed E-state index contributed by atoms with van der Waals surface area (Å²) in [4.78, 5) is 0. The van der Waals surface area contributed by atoms with Gasteiger partial charge in [0.1, 0.15) is 23.2 Å². The summed E-state index contributed by atoms with van der Waals surface area (Å²) in [6.07, 6.45) is 3.04. The lowest BCUT2D eigenvalue weighted by Crippen LogP contribution is -2.34. The topological polar surface area (TPSA) is 46.1 Å². The molecule has 1 aliphatic rings. The number of fused-ring (bicyclic) bond motifs is 1. The van der Waals surface area contributed by atoms with Gasteiger partial charge in [-0.2, -0.15) is 9.83 Å². The lowest BCUT2D eigenvalue weighted by molar-refractivity contribution is -0.688. The molecule has 0 N–H and O–H groups in total. The quantitative estimate of drug-likeness (QED) is 0.680. The minimum atomic E-state index is -0.525. The van der Waals surface area contributed by atoms with Crippen LogP contribution in [0.15, 0.2) is 67.0 Å². The Morgan fingerprint density at radius 2 is 2.00 bits per heavy atom. The van der Waals surface area contributed by atoms with E-state index in [9.17, 15) is 4.39 Å². The van der Waals surface area contributed by atoms with Crippen molar-refractivity contribution in [3.8, 4) is 11.8 Å². The number of hydrogen-bond acceptors (Lipinski definition) is 3. The zero-order valence-corrected chi connectivity index (χ0v) is 13.9. The molecule has 0 aliphatic carbocycles. The van der Waals surface area contributed by atoms with Crippen molar-refractivity contribution in [1.29, 1.82) is 5.26 Å². The average Bonchev–Trinajstić information content (AvgIpc) is 2.68. The Hall–Kier alpha value is -3.23. The summed E-state index contributed by atoms with van der Waals surface area (Å²) in [7, 11) is 0. The molecule has 4 nitrogen and oxygen atoms in total. The molecule has 0 fully saturated rings. The molecule has 0 saturated heterocycles. The van der Waals surface area contributed by atoms with Crippen molar-refractivity contribution in [1.82, 2.24) is 0 Å². The van der Waals surface area contributed by atoms with Crippen molar-refractivity contribution >= 4 is 0 Å². The lowest BCUT2D eigenvalue weighted by Gasteiger charge is -2.28. The number of halogens is 1. The first kappa shape index (κ1) is 16.2. The Morgan fingerprint density at radius 3 is 2.81 bits per heavy atom. The molecule has 0 spiro atoms. The standard InChI is InChI=1S/C21H16FN2O2/c22-19-9-17(13-24-8-4-5-15(11-23)12-24)20-18(10-19)14-25-21(26-20)16-6-2-1-3-7-16/h1-10,12,21H,13-14H2/q+1/t21-/m0/s1. The van der Waals surface area contributed by atoms with Gasteiger partial charge in [-0.3, -0.25) is 0 Å². The SMILES string of the molecule is N#Cc1ccc[n+](Cc2cc(F)cc3c2O[C@@H](c2ccccc2)OC3)c1. The number of nitriles is 1. The van der Waals surface area contributed by atoms with Crippen LogP contribution in [0, 0.1) is 17.1 Å². The van der Waals surface area contributed by atoms with Gasteiger partial charge in [-0.05, 0) is 18.2 Å². The van der Waals surface area contributed by atoms with Gasteiger partial charge in [-0.15, -0.1) is 0 Å². The minimum Gasteiger partial charge on any atom is -0.460 e. The van der Waals surface area contributed by atoms with E-state index in [0.29, 0.717) is 29.0 Å². The molecule has 5 heteroatoms. The van der Waals surface area contributed by atoms with Crippen molar-refractivity contribution in [2.75, 3.05) is 0 Å². The fourth-order valence-electron chi connectivity index (χ4n) is 3.05. The summed E-state index contributed by atoms with van der Waals surface area (Å²) in [6, 6.07) is 18.2. The number of hydrogen-bond donors (Lipinski definition) is 0. The predicted molar refractivity (Wildman–Crippen MR) is 91.5 cm³/mol. The van der Waals surface area contributed by atoms with E-state index < -0.39 is 6.29 Å². The van der Waals surface area contributed by atoms with Crippen LogP contribution in [-0.2, 0) is 17.9 Å². The van der Waals surface area contributed by atoms with E-state index in [1.54, 1.807) is 18.3 Å². The molecule has 2 aromatic carbocycles. The highest BCUT2D eigenvalue weighted by Crippen LogP contribution is 2.36. The van der Waals surface area contributed by atoms with E-state index >= 15 is 0 Å². The Bertz CT molecular complexity index is 983. The first-order valence-electron chi connectivity index (χ1n) is 8.26. The Morgan fingerprint density at radius 1 is 1.15 bits per heavy atom. The molecule has 1 atom stereocenters. The van der Waals surface area contributed by atoms with Gasteiger partial charge in [0.15, 0.2) is 18.9 Å². The molecule has 0 radical (unpaired) electrons. The van der Waals surface area contributed by atoms with Gasteiger partial charge in [0.25, 0.3) is 0 Å². The van der Waals surface area contributed by atoms with Crippen LogP contribution < -0.4 is 9.30 Å². The van der Waals surface area contributed by atoms with Gasteiger partial charge >= 0.3 is 0 Å². The normalized spacial score (nSPS) is 15.6. The first-order chi connectivity index (χ1) is 12.7. The summed E-state index contributed by atoms with van der Waals surface area (Å²) in [5.41, 5.74) is 2.85. The monoisotopic (exact) mass is 347 g/mol. The van der Waals surface area contributed by atoms with E-state index in [1.807, 2.05) is 41.1 Å². The molecule has 4 rings (SSSR count). The molecule has 2 heterocycles. The van der Waals surface area contributed by atoms with Gasteiger partial charge in [0.2, 0.25) is 6.29 Å². The minimum absolute atomic E-state index is 0.280. The Kier molecular flexibility index (Phi) is 4.34. The zero-order chi connectivity index (χ0) is 17.9. The first-order valence-corrected chi connectivity index (χ1v) is 8.26. The second kappa shape index (κ2) is 6.95. The number of rotatable bonds is 3. The molecule has 1 aliphatic heterocycles. The highest BCUT2D eigenvalue weighted by Gasteiger charge is 2.26. The fourth-order valence-corrected chi connectivity index (χ4v) is 3.05. The largest absolute Gasteiger partial charge is 0.460 e. The van der Waals surface area contributed by atoms with Crippen molar-refractivity contribution in [3.63, 3.8) is 0 Å². The molecular formula is C21H16FN2O2+. The number of nitrogens with zero attached hydrogens (tertiary/aromatic N) is 2. The molecule has 0 bridgehead atoms. The van der Waals surface area contributed by atoms with Crippen molar-refractivity contribution in [2.45, 2.75) is 19.4 Å². The second-order valence-electron chi connectivity index (χ2n) is 6.10. The smallest absolute Gasteiger partial charge is 0.227 e. The number of benzene rings is 2. The van der Waals surface area contributed by atoms with Crippen molar-refractivity contribution < 1.29 is 18.4 Å². The van der Waals surface area contributed by atoms with E-state index in [4.69, 9.17) is 14.7 Å². The van der Waals surface area contributed by atoms with E-state index in [0.717, 1.165) is 5.56 Å². The van der Waals surface area contributed by atoms with Crippen LogP contribution in [0.2, 0.25) is 0 Å². The van der Waals surface area contributed by atoms with Crippen molar-refractivity contribution in [3.05, 3.63) is 95.1 Å². The van der Waals surface area contributed by atoms with Crippen LogP contribution in [0.25, 0.3) is 0 Å². The molecule has 0 saturated carbocycles. The second-order valence-corrected chi connectivity index (χ2v) is 6.10. The fraction of sp³-hybridized carbons (Fsp3) is 0.143. The predicted octanol–water partition coefficient (Wildman–Crippen LogP) is 3.64. The lowest BCUT2D eigenvalue weighted by atomic mass is 10.1. The molecule has 26 heavy (non-hydrogen) atoms. The van der Waals surface area contributed by atoms with Crippen LogP contribution in [0.4, 0.5) is 4.39 Å². The maximum Gasteiger partial charge on any atom is 0.227 e. The third-order valence-corrected chi connectivity index (χ3v) is 4.23.